The Hall–Kier alpha value is -2.09. The van der Waals surface area contributed by atoms with Gasteiger partial charge < -0.3 is 4.74 Å². The first-order valence-corrected chi connectivity index (χ1v) is 6.15. The van der Waals surface area contributed by atoms with Crippen LogP contribution < -0.4 is 0 Å². The van der Waals surface area contributed by atoms with Crippen LogP contribution in [0, 0.1) is 0 Å². The molecule has 0 saturated carbocycles. The van der Waals surface area contributed by atoms with Crippen LogP contribution in [-0.4, -0.2) is 38.7 Å². The Kier molecular flexibility index (Phi) is 4.00. The number of ether oxygens (including phenoxy) is 1. The summed E-state index contributed by atoms with van der Waals surface area (Å²) in [6.07, 6.45) is 3.23. The van der Waals surface area contributed by atoms with Crippen molar-refractivity contribution < 1.29 is 14.3 Å². The van der Waals surface area contributed by atoms with Crippen LogP contribution in [-0.2, 0) is 9.53 Å². The summed E-state index contributed by atoms with van der Waals surface area (Å²) in [6, 6.07) is 1.60. The molecule has 2 rings (SSSR count). The second-order valence-corrected chi connectivity index (χ2v) is 4.23. The van der Waals surface area contributed by atoms with E-state index in [0.29, 0.717) is 22.5 Å². The molecule has 0 aliphatic rings. The minimum absolute atomic E-state index is 0.252. The van der Waals surface area contributed by atoms with Crippen molar-refractivity contribution >= 4 is 28.3 Å². The monoisotopic (exact) mass is 324 g/mol. The average molecular weight is 325 g/mol. The van der Waals surface area contributed by atoms with Gasteiger partial charge in [-0.2, -0.15) is 9.78 Å². The Bertz CT molecular complexity index is 609. The smallest absolute Gasteiger partial charge is 0.341 e. The van der Waals surface area contributed by atoms with Crippen LogP contribution in [0.3, 0.4) is 0 Å². The van der Waals surface area contributed by atoms with Crippen LogP contribution in [0.4, 0.5) is 0 Å². The van der Waals surface area contributed by atoms with Gasteiger partial charge in [-0.05, 0) is 22.9 Å². The van der Waals surface area contributed by atoms with Crippen molar-refractivity contribution in [3.8, 4) is 11.5 Å². The lowest BCUT2D eigenvalue weighted by Crippen LogP contribution is -2.07. The minimum Gasteiger partial charge on any atom is -0.462 e. The molecular weight excluding hydrogens is 316 g/mol. The van der Waals surface area contributed by atoms with Gasteiger partial charge in [0.05, 0.1) is 12.2 Å². The number of nitrogens with zero attached hydrogens (tertiary/aromatic N) is 4. The Labute approximate surface area is 116 Å². The van der Waals surface area contributed by atoms with Crippen LogP contribution >= 0.6 is 15.9 Å². The molecule has 0 saturated heterocycles. The fraction of sp³-hybridized carbons (Fsp3) is 0.182. The zero-order valence-corrected chi connectivity index (χ0v) is 11.5. The molecule has 0 spiro atoms. The Morgan fingerprint density at radius 1 is 1.47 bits per heavy atom. The van der Waals surface area contributed by atoms with Crippen LogP contribution in [0.1, 0.15) is 17.3 Å². The van der Waals surface area contributed by atoms with Gasteiger partial charge in [-0.3, -0.25) is 4.79 Å². The minimum atomic E-state index is -0.487. The topological polar surface area (TPSA) is 87.0 Å². The summed E-state index contributed by atoms with van der Waals surface area (Å²) in [5, 5.41) is 3.89. The van der Waals surface area contributed by atoms with Gasteiger partial charge in [0.25, 0.3) is 0 Å². The van der Waals surface area contributed by atoms with Gasteiger partial charge in [-0.15, -0.1) is 0 Å². The molecule has 2 aromatic rings. The fourth-order valence-corrected chi connectivity index (χ4v) is 1.78. The standard InChI is InChI=1S/C11H9BrN4O3/c1-2-19-11(18)7-4-13-10(14-5-7)8-3-9(12)15-16(8)6-17/h3-6H,2H2,1H3. The molecule has 8 heteroatoms. The summed E-state index contributed by atoms with van der Waals surface area (Å²) in [5.41, 5.74) is 0.680. The zero-order valence-electron chi connectivity index (χ0n) is 9.91. The van der Waals surface area contributed by atoms with Crippen molar-refractivity contribution in [1.29, 1.82) is 0 Å². The molecule has 0 unspecified atom stereocenters. The summed E-state index contributed by atoms with van der Waals surface area (Å²) in [5.74, 6) is -0.197. The van der Waals surface area contributed by atoms with Crippen LogP contribution in [0.25, 0.3) is 11.5 Å². The molecule has 98 valence electrons. The number of carbonyl (C=O) groups is 2. The van der Waals surface area contributed by atoms with Crippen molar-refractivity contribution in [2.45, 2.75) is 6.92 Å². The molecular formula is C11H9BrN4O3. The maximum Gasteiger partial charge on any atom is 0.341 e. The fourth-order valence-electron chi connectivity index (χ4n) is 1.39. The Morgan fingerprint density at radius 2 is 2.16 bits per heavy atom. The summed E-state index contributed by atoms with van der Waals surface area (Å²) in [4.78, 5) is 30.3. The van der Waals surface area contributed by atoms with Crippen LogP contribution in [0.2, 0.25) is 0 Å². The molecule has 0 N–H and O–H groups in total. The highest BCUT2D eigenvalue weighted by molar-refractivity contribution is 9.10. The average Bonchev–Trinajstić information content (AvgIpc) is 2.80. The number of hydrogen-bond acceptors (Lipinski definition) is 6. The molecule has 0 aliphatic heterocycles. The third-order valence-corrected chi connectivity index (χ3v) is 2.59. The van der Waals surface area contributed by atoms with E-state index in [1.807, 2.05) is 0 Å². The molecule has 19 heavy (non-hydrogen) atoms. The van der Waals surface area contributed by atoms with Crippen molar-refractivity contribution in [1.82, 2.24) is 19.7 Å². The van der Waals surface area contributed by atoms with Gasteiger partial charge in [-0.1, -0.05) is 0 Å². The lowest BCUT2D eigenvalue weighted by atomic mass is 10.3. The largest absolute Gasteiger partial charge is 0.462 e. The van der Waals surface area contributed by atoms with E-state index in [0.717, 1.165) is 4.68 Å². The van der Waals surface area contributed by atoms with Gasteiger partial charge in [0.2, 0.25) is 6.41 Å². The number of aromatic nitrogens is 4. The third-order valence-electron chi connectivity index (χ3n) is 2.20. The molecule has 2 heterocycles. The molecule has 0 bridgehead atoms. The number of esters is 1. The van der Waals surface area contributed by atoms with Crippen LogP contribution in [0.5, 0.6) is 0 Å². The van der Waals surface area contributed by atoms with E-state index in [1.165, 1.54) is 12.4 Å². The summed E-state index contributed by atoms with van der Waals surface area (Å²) in [7, 11) is 0. The van der Waals surface area contributed by atoms with E-state index in [-0.39, 0.29) is 12.2 Å². The molecule has 2 aromatic heterocycles. The number of carbonyl (C=O) groups excluding carboxylic acids is 2. The summed E-state index contributed by atoms with van der Waals surface area (Å²) >= 11 is 3.16. The SMILES string of the molecule is CCOC(=O)c1cnc(-c2cc(Br)nn2C=O)nc1. The first-order chi connectivity index (χ1) is 9.15. The summed E-state index contributed by atoms with van der Waals surface area (Å²) < 4.78 is 6.42. The maximum atomic E-state index is 11.4. The Morgan fingerprint density at radius 3 is 2.74 bits per heavy atom. The van der Waals surface area contributed by atoms with E-state index in [2.05, 4.69) is 31.0 Å². The van der Waals surface area contributed by atoms with Crippen molar-refractivity contribution in [3.63, 3.8) is 0 Å². The highest BCUT2D eigenvalue weighted by Gasteiger charge is 2.13. The molecule has 7 nitrogen and oxygen atoms in total. The number of rotatable bonds is 4. The quantitative estimate of drug-likeness (QED) is 0.622. The second-order valence-electron chi connectivity index (χ2n) is 3.42. The molecule has 0 radical (unpaired) electrons. The number of hydrogen-bond donors (Lipinski definition) is 0. The predicted molar refractivity (Wildman–Crippen MR) is 69.1 cm³/mol. The first kappa shape index (κ1) is 13.3. The van der Waals surface area contributed by atoms with Gasteiger partial charge in [0.1, 0.15) is 10.3 Å². The molecule has 0 aliphatic carbocycles. The van der Waals surface area contributed by atoms with E-state index in [9.17, 15) is 9.59 Å². The molecule has 0 aromatic carbocycles. The maximum absolute atomic E-state index is 11.4. The lowest BCUT2D eigenvalue weighted by Gasteiger charge is -2.02. The lowest BCUT2D eigenvalue weighted by molar-refractivity contribution is 0.0525. The normalized spacial score (nSPS) is 10.2. The van der Waals surface area contributed by atoms with Crippen molar-refractivity contribution in [3.05, 3.63) is 28.6 Å². The zero-order chi connectivity index (χ0) is 13.8. The van der Waals surface area contributed by atoms with Gasteiger partial charge >= 0.3 is 5.97 Å². The molecule has 0 atom stereocenters. The van der Waals surface area contributed by atoms with Gasteiger partial charge in [0.15, 0.2) is 5.82 Å². The van der Waals surface area contributed by atoms with Crippen molar-refractivity contribution in [2.75, 3.05) is 6.61 Å². The van der Waals surface area contributed by atoms with Gasteiger partial charge in [0, 0.05) is 18.5 Å². The van der Waals surface area contributed by atoms with E-state index >= 15 is 0 Å². The van der Waals surface area contributed by atoms with E-state index in [1.54, 1.807) is 13.0 Å². The van der Waals surface area contributed by atoms with E-state index in [4.69, 9.17) is 4.74 Å². The highest BCUT2D eigenvalue weighted by Crippen LogP contribution is 2.18. The number of halogens is 1. The van der Waals surface area contributed by atoms with Crippen molar-refractivity contribution in [2.24, 2.45) is 0 Å². The summed E-state index contributed by atoms with van der Waals surface area (Å²) in [6.45, 7) is 2.00. The highest BCUT2D eigenvalue weighted by atomic mass is 79.9. The second kappa shape index (κ2) is 5.70. The third kappa shape index (κ3) is 2.84. The van der Waals surface area contributed by atoms with Crippen LogP contribution in [0.15, 0.2) is 23.1 Å². The first-order valence-electron chi connectivity index (χ1n) is 5.35. The Balaban J connectivity index is 2.32. The van der Waals surface area contributed by atoms with E-state index < -0.39 is 5.97 Å². The predicted octanol–water partition coefficient (Wildman–Crippen LogP) is 1.32. The molecule has 0 amide bonds. The molecule has 0 fully saturated rings. The van der Waals surface area contributed by atoms with Gasteiger partial charge in [-0.25, -0.2) is 14.8 Å².